The minimum Gasteiger partial charge on any atom is -0.255 e. The van der Waals surface area contributed by atoms with Crippen molar-refractivity contribution in [2.24, 2.45) is 15.9 Å². The molecule has 3 rings (SSSR count). The number of thioether (sulfide) groups is 1. The molecule has 1 aliphatic heterocycles. The van der Waals surface area contributed by atoms with E-state index >= 15 is 0 Å². The van der Waals surface area contributed by atoms with Gasteiger partial charge in [-0.05, 0) is 55.4 Å². The lowest BCUT2D eigenvalue weighted by Crippen LogP contribution is -2.42. The highest BCUT2D eigenvalue weighted by Gasteiger charge is 2.62. The first-order valence-electron chi connectivity index (χ1n) is 8.38. The Hall–Kier alpha value is -1.44. The van der Waals surface area contributed by atoms with Gasteiger partial charge in [0.05, 0.1) is 6.04 Å². The number of benzene rings is 1. The Morgan fingerprint density at radius 3 is 2.38 bits per heavy atom. The highest BCUT2D eigenvalue weighted by molar-refractivity contribution is 7.99. The zero-order valence-electron chi connectivity index (χ0n) is 14.4. The third kappa shape index (κ3) is 4.10. The zero-order chi connectivity index (χ0) is 19.1. The lowest BCUT2D eigenvalue weighted by Gasteiger charge is -2.17. The lowest BCUT2D eigenvalue weighted by atomic mass is 10.00. The van der Waals surface area contributed by atoms with Crippen LogP contribution >= 0.6 is 11.8 Å². The van der Waals surface area contributed by atoms with Crippen LogP contribution in [0.5, 0.6) is 0 Å². The summed E-state index contributed by atoms with van der Waals surface area (Å²) in [4.78, 5) is 7.88. The van der Waals surface area contributed by atoms with Crippen LogP contribution in [0.1, 0.15) is 29.5 Å². The Morgan fingerprint density at radius 2 is 1.77 bits per heavy atom. The highest BCUT2D eigenvalue weighted by Crippen LogP contribution is 2.39. The van der Waals surface area contributed by atoms with Crippen molar-refractivity contribution in [2.45, 2.75) is 56.1 Å². The van der Waals surface area contributed by atoms with E-state index in [0.717, 1.165) is 39.5 Å². The fraction of sp³-hybridized carbons (Fsp3) is 0.556. The van der Waals surface area contributed by atoms with E-state index in [2.05, 4.69) is 9.98 Å². The standard InChI is InChI=1S/C18H19F5N2S/c1-10-5-11(2)15(26-9-12-3-4-12)7-13(10)6-14-8-24-16(25-14)17(19,20)18(21,22)23/h5,7-8,12,14H,3-4,6,9H2,1-2H3. The summed E-state index contributed by atoms with van der Waals surface area (Å²) < 4.78 is 64.1. The summed E-state index contributed by atoms with van der Waals surface area (Å²) in [5.41, 5.74) is 3.01. The van der Waals surface area contributed by atoms with Crippen LogP contribution in [-0.4, -0.2) is 35.9 Å². The molecule has 0 radical (unpaired) electrons. The molecular formula is C18H19F5N2S. The van der Waals surface area contributed by atoms with Crippen molar-refractivity contribution < 1.29 is 22.0 Å². The van der Waals surface area contributed by atoms with Crippen molar-refractivity contribution >= 4 is 23.8 Å². The predicted molar refractivity (Wildman–Crippen MR) is 93.8 cm³/mol. The van der Waals surface area contributed by atoms with Crippen molar-refractivity contribution in [1.29, 1.82) is 0 Å². The van der Waals surface area contributed by atoms with E-state index < -0.39 is 24.0 Å². The number of aliphatic imine (C=N–C) groups is 2. The van der Waals surface area contributed by atoms with E-state index in [0.29, 0.717) is 0 Å². The number of nitrogens with zero attached hydrogens (tertiary/aromatic N) is 2. The molecule has 1 atom stereocenters. The maximum absolute atomic E-state index is 13.4. The molecule has 0 bridgehead atoms. The fourth-order valence-electron chi connectivity index (χ4n) is 2.74. The lowest BCUT2D eigenvalue weighted by molar-refractivity contribution is -0.249. The average Bonchev–Trinajstić information content (AvgIpc) is 3.24. The predicted octanol–water partition coefficient (Wildman–Crippen LogP) is 5.40. The quantitative estimate of drug-likeness (QED) is 0.472. The number of hydrogen-bond acceptors (Lipinski definition) is 3. The third-order valence-corrected chi connectivity index (χ3v) is 5.92. The Bertz CT molecular complexity index is 751. The molecule has 0 N–H and O–H groups in total. The summed E-state index contributed by atoms with van der Waals surface area (Å²) in [5.74, 6) is -4.66. The smallest absolute Gasteiger partial charge is 0.255 e. The van der Waals surface area contributed by atoms with Crippen LogP contribution in [0.3, 0.4) is 0 Å². The van der Waals surface area contributed by atoms with Gasteiger partial charge in [-0.25, -0.2) is 4.99 Å². The maximum atomic E-state index is 13.4. The van der Waals surface area contributed by atoms with Crippen LogP contribution in [0.25, 0.3) is 0 Å². The topological polar surface area (TPSA) is 24.7 Å². The molecule has 8 heteroatoms. The van der Waals surface area contributed by atoms with Crippen LogP contribution in [0.2, 0.25) is 0 Å². The van der Waals surface area contributed by atoms with E-state index in [1.807, 2.05) is 26.0 Å². The van der Waals surface area contributed by atoms with Gasteiger partial charge in [0, 0.05) is 23.3 Å². The van der Waals surface area contributed by atoms with Crippen LogP contribution in [-0.2, 0) is 6.42 Å². The van der Waals surface area contributed by atoms with Gasteiger partial charge in [0.1, 0.15) is 0 Å². The van der Waals surface area contributed by atoms with Crippen molar-refractivity contribution in [3.63, 3.8) is 0 Å². The van der Waals surface area contributed by atoms with Gasteiger partial charge >= 0.3 is 12.1 Å². The summed E-state index contributed by atoms with van der Waals surface area (Å²) in [7, 11) is 0. The van der Waals surface area contributed by atoms with Crippen LogP contribution < -0.4 is 0 Å². The van der Waals surface area contributed by atoms with Gasteiger partial charge in [0.25, 0.3) is 0 Å². The first-order chi connectivity index (χ1) is 12.1. The summed E-state index contributed by atoms with van der Waals surface area (Å²) in [6.45, 7) is 3.92. The molecule has 1 aliphatic carbocycles. The van der Waals surface area contributed by atoms with E-state index in [-0.39, 0.29) is 6.42 Å². The Kier molecular flexibility index (Phi) is 5.16. The molecule has 1 unspecified atom stereocenters. The molecule has 0 spiro atoms. The first kappa shape index (κ1) is 19.3. The van der Waals surface area contributed by atoms with E-state index in [4.69, 9.17) is 0 Å². The van der Waals surface area contributed by atoms with E-state index in [1.165, 1.54) is 12.8 Å². The van der Waals surface area contributed by atoms with Gasteiger partial charge in [0.15, 0.2) is 0 Å². The van der Waals surface area contributed by atoms with Crippen LogP contribution in [0.15, 0.2) is 27.0 Å². The monoisotopic (exact) mass is 390 g/mol. The van der Waals surface area contributed by atoms with Crippen molar-refractivity contribution in [3.8, 4) is 0 Å². The maximum Gasteiger partial charge on any atom is 0.461 e. The zero-order valence-corrected chi connectivity index (χ0v) is 15.2. The molecule has 142 valence electrons. The molecule has 0 amide bonds. The SMILES string of the molecule is Cc1cc(C)c(SCC2CC2)cc1CC1C=NC(C(F)(F)C(F)(F)F)=N1. The summed E-state index contributed by atoms with van der Waals surface area (Å²) in [6, 6.07) is 3.22. The molecule has 2 nitrogen and oxygen atoms in total. The molecule has 1 saturated carbocycles. The van der Waals surface area contributed by atoms with Crippen molar-refractivity contribution in [2.75, 3.05) is 5.75 Å². The Morgan fingerprint density at radius 1 is 1.08 bits per heavy atom. The van der Waals surface area contributed by atoms with Gasteiger partial charge in [-0.2, -0.15) is 22.0 Å². The number of aryl methyl sites for hydroxylation is 2. The number of hydrogen-bond donors (Lipinski definition) is 0. The van der Waals surface area contributed by atoms with Gasteiger partial charge in [-0.15, -0.1) is 11.8 Å². The molecule has 1 fully saturated rings. The average molecular weight is 390 g/mol. The molecule has 1 heterocycles. The first-order valence-corrected chi connectivity index (χ1v) is 9.36. The molecule has 0 saturated heterocycles. The molecule has 1 aromatic rings. The van der Waals surface area contributed by atoms with Gasteiger partial charge in [-0.3, -0.25) is 4.99 Å². The molecule has 26 heavy (non-hydrogen) atoms. The minimum atomic E-state index is -5.69. The number of halogens is 5. The second-order valence-corrected chi connectivity index (χ2v) is 7.93. The summed E-state index contributed by atoms with van der Waals surface area (Å²) in [5, 5.41) is 0. The minimum absolute atomic E-state index is 0.254. The molecule has 1 aromatic carbocycles. The second-order valence-electron chi connectivity index (χ2n) is 6.87. The van der Waals surface area contributed by atoms with Crippen molar-refractivity contribution in [1.82, 2.24) is 0 Å². The third-order valence-electron chi connectivity index (χ3n) is 4.53. The Labute approximate surface area is 153 Å². The van der Waals surface area contributed by atoms with E-state index in [9.17, 15) is 22.0 Å². The summed E-state index contributed by atoms with van der Waals surface area (Å²) >= 11 is 1.77. The van der Waals surface area contributed by atoms with Crippen LogP contribution in [0.4, 0.5) is 22.0 Å². The normalized spacial score (nSPS) is 20.6. The van der Waals surface area contributed by atoms with Gasteiger partial charge in [0.2, 0.25) is 5.84 Å². The number of rotatable bonds is 6. The van der Waals surface area contributed by atoms with Crippen LogP contribution in [0, 0.1) is 19.8 Å². The largest absolute Gasteiger partial charge is 0.461 e. The van der Waals surface area contributed by atoms with E-state index in [1.54, 1.807) is 11.8 Å². The number of amidine groups is 1. The fourth-order valence-corrected chi connectivity index (χ4v) is 4.00. The summed E-state index contributed by atoms with van der Waals surface area (Å²) in [6.07, 6.45) is -1.85. The van der Waals surface area contributed by atoms with Gasteiger partial charge < -0.3 is 0 Å². The molecular weight excluding hydrogens is 371 g/mol. The van der Waals surface area contributed by atoms with Gasteiger partial charge in [-0.1, -0.05) is 6.07 Å². The highest BCUT2D eigenvalue weighted by atomic mass is 32.2. The second kappa shape index (κ2) is 6.94. The van der Waals surface area contributed by atoms with Crippen molar-refractivity contribution in [3.05, 3.63) is 28.8 Å². The number of alkyl halides is 5. The molecule has 2 aliphatic rings. The molecule has 0 aromatic heterocycles. The Balaban J connectivity index is 1.75.